The van der Waals surface area contributed by atoms with Gasteiger partial charge in [0.2, 0.25) is 0 Å². The fourth-order valence-electron chi connectivity index (χ4n) is 0.706. The summed E-state index contributed by atoms with van der Waals surface area (Å²) in [6, 6.07) is 0. The predicted octanol–water partition coefficient (Wildman–Crippen LogP) is 2.04. The Morgan fingerprint density at radius 1 is 1.62 bits per heavy atom. The van der Waals surface area contributed by atoms with Crippen LogP contribution >= 0.6 is 11.3 Å². The van der Waals surface area contributed by atoms with Crippen molar-refractivity contribution in [2.75, 3.05) is 6.26 Å². The van der Waals surface area contributed by atoms with E-state index in [1.54, 1.807) is 0 Å². The molecule has 1 atom stereocenters. The van der Waals surface area contributed by atoms with E-state index in [1.807, 2.05) is 0 Å². The summed E-state index contributed by atoms with van der Waals surface area (Å²) in [6.45, 7) is 0. The molecule has 0 bridgehead atoms. The number of nitrogens with zero attached hydrogens (tertiary/aromatic N) is 1. The minimum Gasteiger partial charge on any atom is -0.259 e. The summed E-state index contributed by atoms with van der Waals surface area (Å²) in [5, 5.41) is -0.882. The largest absolute Gasteiger partial charge is 0.443 e. The van der Waals surface area contributed by atoms with Crippen LogP contribution in [0, 0.1) is 0 Å². The summed E-state index contributed by atoms with van der Waals surface area (Å²) in [7, 11) is -1.13. The van der Waals surface area contributed by atoms with Crippen LogP contribution < -0.4 is 0 Å². The average Bonchev–Trinajstić information content (AvgIpc) is 2.32. The van der Waals surface area contributed by atoms with Crippen LogP contribution in [-0.2, 0) is 22.7 Å². The Labute approximate surface area is 79.3 Å². The van der Waals surface area contributed by atoms with Crippen molar-refractivity contribution in [2.24, 2.45) is 0 Å². The summed E-state index contributed by atoms with van der Waals surface area (Å²) in [5.41, 5.74) is 0. The molecule has 0 saturated carbocycles. The second-order valence-electron chi connectivity index (χ2n) is 2.35. The number of rotatable bonds is 2. The van der Waals surface area contributed by atoms with Gasteiger partial charge in [-0.05, 0) is 0 Å². The molecule has 13 heavy (non-hydrogen) atoms. The van der Waals surface area contributed by atoms with Crippen molar-refractivity contribution in [3.8, 4) is 0 Å². The van der Waals surface area contributed by atoms with Crippen molar-refractivity contribution in [1.82, 2.24) is 4.98 Å². The standard InChI is InChI=1S/C6H6F3NOS2/c1-13(11)3-4-2-10-5(12-4)6(7,8)9/h2H,3H2,1H3. The molecule has 0 aromatic carbocycles. The predicted molar refractivity (Wildman–Crippen MR) is 44.9 cm³/mol. The highest BCUT2D eigenvalue weighted by Gasteiger charge is 2.34. The summed E-state index contributed by atoms with van der Waals surface area (Å²) < 4.78 is 46.7. The Kier molecular flexibility index (Phi) is 3.07. The maximum Gasteiger partial charge on any atom is 0.443 e. The number of hydrogen-bond acceptors (Lipinski definition) is 3. The van der Waals surface area contributed by atoms with E-state index in [2.05, 4.69) is 4.98 Å². The highest BCUT2D eigenvalue weighted by atomic mass is 32.2. The molecule has 74 valence electrons. The van der Waals surface area contributed by atoms with Gasteiger partial charge in [0.15, 0.2) is 5.01 Å². The maximum atomic E-state index is 12.0. The fraction of sp³-hybridized carbons (Fsp3) is 0.500. The highest BCUT2D eigenvalue weighted by molar-refractivity contribution is 7.83. The SMILES string of the molecule is CS(=O)Cc1cnc(C(F)(F)F)s1. The van der Waals surface area contributed by atoms with Crippen molar-refractivity contribution in [1.29, 1.82) is 0 Å². The number of halogens is 3. The zero-order valence-electron chi connectivity index (χ0n) is 6.59. The highest BCUT2D eigenvalue weighted by Crippen LogP contribution is 2.32. The topological polar surface area (TPSA) is 30.0 Å². The lowest BCUT2D eigenvalue weighted by Crippen LogP contribution is -2.02. The zero-order valence-corrected chi connectivity index (χ0v) is 8.22. The first-order chi connectivity index (χ1) is 5.89. The Morgan fingerprint density at radius 3 is 2.62 bits per heavy atom. The smallest absolute Gasteiger partial charge is 0.259 e. The van der Waals surface area contributed by atoms with Gasteiger partial charge < -0.3 is 0 Å². The van der Waals surface area contributed by atoms with Crippen molar-refractivity contribution in [3.63, 3.8) is 0 Å². The Bertz CT molecular complexity index is 320. The van der Waals surface area contributed by atoms with E-state index >= 15 is 0 Å². The van der Waals surface area contributed by atoms with E-state index in [1.165, 1.54) is 6.26 Å². The molecule has 1 aromatic rings. The van der Waals surface area contributed by atoms with Gasteiger partial charge in [-0.25, -0.2) is 4.98 Å². The molecular formula is C6H6F3NOS2. The third-order valence-electron chi connectivity index (χ3n) is 1.14. The zero-order chi connectivity index (χ0) is 10.1. The Hall–Kier alpha value is -0.430. The van der Waals surface area contributed by atoms with Crippen LogP contribution in [0.5, 0.6) is 0 Å². The lowest BCUT2D eigenvalue weighted by Gasteiger charge is -1.98. The van der Waals surface area contributed by atoms with Crippen LogP contribution in [-0.4, -0.2) is 15.4 Å². The van der Waals surface area contributed by atoms with Crippen molar-refractivity contribution in [3.05, 3.63) is 16.1 Å². The van der Waals surface area contributed by atoms with Crippen molar-refractivity contribution >= 4 is 22.1 Å². The Balaban J connectivity index is 2.81. The first-order valence-corrected chi connectivity index (χ1v) is 5.76. The number of alkyl halides is 3. The van der Waals surface area contributed by atoms with Crippen LogP contribution in [0.3, 0.4) is 0 Å². The minimum atomic E-state index is -4.39. The third-order valence-corrected chi connectivity index (χ3v) is 3.08. The van der Waals surface area contributed by atoms with Gasteiger partial charge in [0.1, 0.15) is 0 Å². The molecule has 1 rings (SSSR count). The van der Waals surface area contributed by atoms with Gasteiger partial charge in [-0.15, -0.1) is 11.3 Å². The number of hydrogen-bond donors (Lipinski definition) is 0. The first-order valence-electron chi connectivity index (χ1n) is 3.21. The van der Waals surface area contributed by atoms with Crippen LogP contribution in [0.15, 0.2) is 6.20 Å². The molecule has 1 heterocycles. The molecule has 0 radical (unpaired) electrons. The van der Waals surface area contributed by atoms with E-state index in [9.17, 15) is 17.4 Å². The molecule has 0 aliphatic heterocycles. The molecule has 0 saturated heterocycles. The second kappa shape index (κ2) is 3.75. The molecule has 1 unspecified atom stereocenters. The molecular weight excluding hydrogens is 223 g/mol. The van der Waals surface area contributed by atoms with Gasteiger partial charge in [0.05, 0.1) is 5.75 Å². The van der Waals surface area contributed by atoms with E-state index in [4.69, 9.17) is 0 Å². The third kappa shape index (κ3) is 3.07. The van der Waals surface area contributed by atoms with Gasteiger partial charge in [0, 0.05) is 28.1 Å². The normalized spacial score (nSPS) is 14.5. The molecule has 0 aliphatic rings. The molecule has 0 amide bonds. The molecule has 0 spiro atoms. The minimum absolute atomic E-state index is 0.133. The average molecular weight is 229 g/mol. The summed E-state index contributed by atoms with van der Waals surface area (Å²) in [6.07, 6.45) is -1.83. The lowest BCUT2D eigenvalue weighted by atomic mass is 10.6. The number of aromatic nitrogens is 1. The van der Waals surface area contributed by atoms with Gasteiger partial charge in [0.25, 0.3) is 0 Å². The monoisotopic (exact) mass is 229 g/mol. The molecule has 0 fully saturated rings. The van der Waals surface area contributed by atoms with E-state index in [-0.39, 0.29) is 5.75 Å². The van der Waals surface area contributed by atoms with Crippen LogP contribution in [0.2, 0.25) is 0 Å². The van der Waals surface area contributed by atoms with Crippen LogP contribution in [0.4, 0.5) is 13.2 Å². The van der Waals surface area contributed by atoms with E-state index in [0.717, 1.165) is 6.20 Å². The summed E-state index contributed by atoms with van der Waals surface area (Å²) in [5.74, 6) is 0.133. The first kappa shape index (κ1) is 10.6. The van der Waals surface area contributed by atoms with E-state index < -0.39 is 22.0 Å². The number of thiazole rings is 1. The van der Waals surface area contributed by atoms with Crippen molar-refractivity contribution in [2.45, 2.75) is 11.9 Å². The van der Waals surface area contributed by atoms with Gasteiger partial charge in [-0.3, -0.25) is 4.21 Å². The maximum absolute atomic E-state index is 12.0. The molecule has 7 heteroatoms. The van der Waals surface area contributed by atoms with Gasteiger partial charge >= 0.3 is 6.18 Å². The quantitative estimate of drug-likeness (QED) is 0.776. The lowest BCUT2D eigenvalue weighted by molar-refractivity contribution is -0.137. The van der Waals surface area contributed by atoms with E-state index in [0.29, 0.717) is 16.2 Å². The summed E-state index contributed by atoms with van der Waals surface area (Å²) >= 11 is 0.539. The fourth-order valence-corrected chi connectivity index (χ4v) is 2.49. The van der Waals surface area contributed by atoms with Crippen LogP contribution in [0.1, 0.15) is 9.88 Å². The van der Waals surface area contributed by atoms with Crippen molar-refractivity contribution < 1.29 is 17.4 Å². The molecule has 2 nitrogen and oxygen atoms in total. The molecule has 0 aliphatic carbocycles. The summed E-state index contributed by atoms with van der Waals surface area (Å²) in [4.78, 5) is 3.60. The Morgan fingerprint density at radius 2 is 2.23 bits per heavy atom. The van der Waals surface area contributed by atoms with Gasteiger partial charge in [-0.2, -0.15) is 13.2 Å². The molecule has 0 N–H and O–H groups in total. The van der Waals surface area contributed by atoms with Gasteiger partial charge in [-0.1, -0.05) is 0 Å². The second-order valence-corrected chi connectivity index (χ2v) is 4.90. The van der Waals surface area contributed by atoms with Crippen LogP contribution in [0.25, 0.3) is 0 Å². The molecule has 1 aromatic heterocycles.